The van der Waals surface area contributed by atoms with Crippen molar-refractivity contribution in [3.05, 3.63) is 52.2 Å². The fourth-order valence-electron chi connectivity index (χ4n) is 4.06. The van der Waals surface area contributed by atoms with Crippen LogP contribution >= 0.6 is 0 Å². The van der Waals surface area contributed by atoms with Crippen LogP contribution in [0.25, 0.3) is 5.76 Å². The minimum atomic E-state index is -0.855. The molecule has 0 unspecified atom stereocenters. The average Bonchev–Trinajstić information content (AvgIpc) is 3.41. The number of hydrogen-bond acceptors (Lipinski definition) is 7. The first-order chi connectivity index (χ1) is 15.2. The number of aromatic amines is 1. The number of aliphatic hydroxyl groups excluding tert-OH is 1. The van der Waals surface area contributed by atoms with E-state index in [1.165, 1.54) is 11.2 Å². The van der Waals surface area contributed by atoms with Gasteiger partial charge in [0.15, 0.2) is 0 Å². The lowest BCUT2D eigenvalue weighted by Crippen LogP contribution is -2.32. The van der Waals surface area contributed by atoms with E-state index in [9.17, 15) is 19.5 Å². The van der Waals surface area contributed by atoms with E-state index in [2.05, 4.69) is 4.98 Å². The molecule has 0 radical (unpaired) electrons. The van der Waals surface area contributed by atoms with Crippen molar-refractivity contribution in [2.75, 3.05) is 33.8 Å². The van der Waals surface area contributed by atoms with Gasteiger partial charge in [-0.25, -0.2) is 4.79 Å². The van der Waals surface area contributed by atoms with Crippen LogP contribution in [0, 0.1) is 13.8 Å². The van der Waals surface area contributed by atoms with Crippen LogP contribution in [0.3, 0.4) is 0 Å². The number of rotatable bonds is 8. The Balaban J connectivity index is 2.10. The molecule has 0 bridgehead atoms. The monoisotopic (exact) mass is 443 g/mol. The summed E-state index contributed by atoms with van der Waals surface area (Å²) in [5.74, 6) is -2.00. The van der Waals surface area contributed by atoms with Gasteiger partial charge in [0, 0.05) is 17.8 Å². The number of carbonyl (C=O) groups excluding carboxylic acids is 3. The highest BCUT2D eigenvalue weighted by molar-refractivity contribution is 6.46. The molecule has 0 saturated carbocycles. The zero-order valence-corrected chi connectivity index (χ0v) is 19.0. The van der Waals surface area contributed by atoms with Crippen LogP contribution in [-0.2, 0) is 14.3 Å². The Morgan fingerprint density at radius 3 is 2.62 bits per heavy atom. The first-order valence-corrected chi connectivity index (χ1v) is 10.5. The maximum Gasteiger partial charge on any atom is 0.355 e. The molecular formula is C23H29N3O6. The molecule has 1 fully saturated rings. The van der Waals surface area contributed by atoms with Crippen LogP contribution in [0.5, 0.6) is 0 Å². The van der Waals surface area contributed by atoms with Gasteiger partial charge in [-0.1, -0.05) is 0 Å². The van der Waals surface area contributed by atoms with Crippen molar-refractivity contribution in [3.63, 3.8) is 0 Å². The van der Waals surface area contributed by atoms with Gasteiger partial charge in [-0.2, -0.15) is 0 Å². The number of nitrogens with one attached hydrogen (secondary N) is 1. The maximum atomic E-state index is 13.0. The third kappa shape index (κ3) is 4.20. The second kappa shape index (κ2) is 9.44. The van der Waals surface area contributed by atoms with Gasteiger partial charge in [-0.05, 0) is 65.5 Å². The zero-order valence-electron chi connectivity index (χ0n) is 19.0. The fraction of sp³-hybridized carbons (Fsp3) is 0.435. The lowest BCUT2D eigenvalue weighted by atomic mass is 9.97. The summed E-state index contributed by atoms with van der Waals surface area (Å²) in [5, 5.41) is 11.3. The van der Waals surface area contributed by atoms with Crippen LogP contribution in [0.1, 0.15) is 52.5 Å². The SMILES string of the molecule is CCOC(=O)c1[nH]c(C)c(/C(O)=C2\C(=O)C(=O)N(CCCN(C)C)[C@H]2c2ccco2)c1C. The van der Waals surface area contributed by atoms with E-state index in [-0.39, 0.29) is 23.6 Å². The molecule has 2 aromatic rings. The lowest BCUT2D eigenvalue weighted by molar-refractivity contribution is -0.140. The Labute approximate surface area is 186 Å². The summed E-state index contributed by atoms with van der Waals surface area (Å²) in [6, 6.07) is 2.48. The summed E-state index contributed by atoms with van der Waals surface area (Å²) in [7, 11) is 3.85. The van der Waals surface area contributed by atoms with Gasteiger partial charge in [0.25, 0.3) is 11.7 Å². The van der Waals surface area contributed by atoms with Crippen molar-refractivity contribution in [3.8, 4) is 0 Å². The van der Waals surface area contributed by atoms with Crippen molar-refractivity contribution in [2.45, 2.75) is 33.2 Å². The largest absolute Gasteiger partial charge is 0.507 e. The van der Waals surface area contributed by atoms with Crippen LogP contribution in [0.4, 0.5) is 0 Å². The van der Waals surface area contributed by atoms with Crippen LogP contribution in [0.15, 0.2) is 28.4 Å². The van der Waals surface area contributed by atoms with Gasteiger partial charge in [0.1, 0.15) is 23.3 Å². The summed E-state index contributed by atoms with van der Waals surface area (Å²) in [4.78, 5) is 44.5. The predicted molar refractivity (Wildman–Crippen MR) is 117 cm³/mol. The number of carbonyl (C=O) groups is 3. The first-order valence-electron chi connectivity index (χ1n) is 10.5. The molecule has 2 aromatic heterocycles. The minimum Gasteiger partial charge on any atom is -0.507 e. The van der Waals surface area contributed by atoms with Gasteiger partial charge < -0.3 is 29.0 Å². The van der Waals surface area contributed by atoms with Crippen LogP contribution in [0.2, 0.25) is 0 Å². The van der Waals surface area contributed by atoms with Crippen LogP contribution in [-0.4, -0.2) is 71.3 Å². The Hall–Kier alpha value is -3.33. The van der Waals surface area contributed by atoms with Crippen molar-refractivity contribution in [1.82, 2.24) is 14.8 Å². The van der Waals surface area contributed by atoms with Crippen molar-refractivity contribution >= 4 is 23.4 Å². The Morgan fingerprint density at radius 2 is 2.03 bits per heavy atom. The van der Waals surface area contributed by atoms with E-state index in [1.807, 2.05) is 19.0 Å². The van der Waals surface area contributed by atoms with Gasteiger partial charge in [0.05, 0.1) is 18.4 Å². The van der Waals surface area contributed by atoms with E-state index >= 15 is 0 Å². The maximum absolute atomic E-state index is 13.0. The van der Waals surface area contributed by atoms with Gasteiger partial charge in [-0.3, -0.25) is 9.59 Å². The van der Waals surface area contributed by atoms with E-state index < -0.39 is 23.7 Å². The van der Waals surface area contributed by atoms with Gasteiger partial charge in [0.2, 0.25) is 0 Å². The van der Waals surface area contributed by atoms with Crippen LogP contribution < -0.4 is 0 Å². The molecule has 0 aromatic carbocycles. The number of aromatic nitrogens is 1. The predicted octanol–water partition coefficient (Wildman–Crippen LogP) is 2.77. The van der Waals surface area contributed by atoms with Crippen molar-refractivity contribution < 1.29 is 28.6 Å². The molecule has 1 saturated heterocycles. The number of furan rings is 1. The Bertz CT molecular complexity index is 1050. The summed E-state index contributed by atoms with van der Waals surface area (Å²) in [5.41, 5.74) is 1.36. The molecule has 172 valence electrons. The van der Waals surface area contributed by atoms with E-state index in [1.54, 1.807) is 32.9 Å². The average molecular weight is 444 g/mol. The molecule has 1 aliphatic rings. The molecule has 2 N–H and O–H groups in total. The van der Waals surface area contributed by atoms with Gasteiger partial charge >= 0.3 is 5.97 Å². The number of aryl methyl sites for hydroxylation is 1. The normalized spacial score (nSPS) is 18.1. The molecule has 1 aliphatic heterocycles. The third-order valence-corrected chi connectivity index (χ3v) is 5.51. The second-order valence-electron chi connectivity index (χ2n) is 8.01. The first kappa shape index (κ1) is 23.3. The quantitative estimate of drug-likeness (QED) is 0.279. The summed E-state index contributed by atoms with van der Waals surface area (Å²) >= 11 is 0. The molecular weight excluding hydrogens is 414 g/mol. The zero-order chi connectivity index (χ0) is 23.6. The number of amides is 1. The molecule has 32 heavy (non-hydrogen) atoms. The summed E-state index contributed by atoms with van der Waals surface area (Å²) in [6.07, 6.45) is 2.10. The van der Waals surface area contributed by atoms with E-state index in [0.717, 1.165) is 6.54 Å². The van der Waals surface area contributed by atoms with Crippen molar-refractivity contribution in [2.24, 2.45) is 0 Å². The number of esters is 1. The second-order valence-corrected chi connectivity index (χ2v) is 8.01. The van der Waals surface area contributed by atoms with Crippen molar-refractivity contribution in [1.29, 1.82) is 0 Å². The number of Topliss-reactive ketones (excluding diaryl/α,β-unsaturated/α-hetero) is 1. The fourth-order valence-corrected chi connectivity index (χ4v) is 4.06. The number of likely N-dealkylation sites (tertiary alicyclic amines) is 1. The Kier molecular flexibility index (Phi) is 6.88. The Morgan fingerprint density at radius 1 is 1.31 bits per heavy atom. The smallest absolute Gasteiger partial charge is 0.355 e. The number of nitrogens with zero attached hydrogens (tertiary/aromatic N) is 2. The van der Waals surface area contributed by atoms with E-state index in [0.29, 0.717) is 35.5 Å². The number of H-pyrrole nitrogens is 1. The highest BCUT2D eigenvalue weighted by Crippen LogP contribution is 2.41. The number of ketones is 1. The third-order valence-electron chi connectivity index (χ3n) is 5.51. The molecule has 0 spiro atoms. The van der Waals surface area contributed by atoms with Gasteiger partial charge in [-0.15, -0.1) is 0 Å². The molecule has 3 heterocycles. The number of hydrogen-bond donors (Lipinski definition) is 2. The highest BCUT2D eigenvalue weighted by Gasteiger charge is 2.47. The summed E-state index contributed by atoms with van der Waals surface area (Å²) < 4.78 is 10.6. The summed E-state index contributed by atoms with van der Waals surface area (Å²) in [6.45, 7) is 6.29. The lowest BCUT2D eigenvalue weighted by Gasteiger charge is -2.24. The standard InChI is InChI=1S/C23H29N3O6/c1-6-31-23(30)18-13(2)16(14(3)24-18)20(27)17-19(15-9-7-12-32-15)26(22(29)21(17)28)11-8-10-25(4)5/h7,9,12,19,24,27H,6,8,10-11H2,1-5H3/b20-17+/t19-/m0/s1. The molecule has 3 rings (SSSR count). The molecule has 1 amide bonds. The molecule has 9 heteroatoms. The molecule has 1 atom stereocenters. The topological polar surface area (TPSA) is 116 Å². The molecule has 0 aliphatic carbocycles. The minimum absolute atomic E-state index is 0.0598. The number of aliphatic hydroxyl groups is 1. The highest BCUT2D eigenvalue weighted by atomic mass is 16.5. The van der Waals surface area contributed by atoms with E-state index in [4.69, 9.17) is 9.15 Å². The number of ether oxygens (including phenoxy) is 1. The molecule has 9 nitrogen and oxygen atoms in total.